The number of nitrogens with zero attached hydrogens (tertiary/aromatic N) is 2. The lowest BCUT2D eigenvalue weighted by atomic mass is 9.81. The number of rotatable bonds is 8. The zero-order valence-electron chi connectivity index (χ0n) is 24.2. The van der Waals surface area contributed by atoms with E-state index in [1.807, 2.05) is 44.2 Å². The molecule has 1 fully saturated rings. The zero-order valence-corrected chi connectivity index (χ0v) is 24.2. The topological polar surface area (TPSA) is 74.9 Å². The highest BCUT2D eigenvalue weighted by molar-refractivity contribution is 6.18. The second-order valence-corrected chi connectivity index (χ2v) is 11.9. The molecule has 0 bridgehead atoms. The Labute approximate surface area is 237 Å². The molecule has 40 heavy (non-hydrogen) atoms. The van der Waals surface area contributed by atoms with Crippen LogP contribution in [0, 0.1) is 0 Å². The standard InChI is InChI=1S/C33H41N3O4/c1-23(2)40-32(38)27-21-36(22-33(3,4)29-26-11-6-7-12-28(26)34-30(27)29)31(37)24-13-15-25(16-14-24)39-20-10-19-35-17-8-5-9-18-35/h6-7,11-16,21,23,34H,5,8-10,17-20,22H2,1-4H3. The van der Waals surface area contributed by atoms with Gasteiger partial charge in [-0.1, -0.05) is 38.5 Å². The molecule has 1 N–H and O–H groups in total. The molecule has 0 spiro atoms. The third kappa shape index (κ3) is 6.09. The van der Waals surface area contributed by atoms with Gasteiger partial charge in [-0.05, 0) is 82.1 Å². The molecule has 5 rings (SSSR count). The Morgan fingerprint density at radius 2 is 1.73 bits per heavy atom. The van der Waals surface area contributed by atoms with E-state index in [1.54, 1.807) is 23.2 Å². The van der Waals surface area contributed by atoms with Gasteiger partial charge in [-0.3, -0.25) is 4.79 Å². The molecule has 0 saturated carbocycles. The van der Waals surface area contributed by atoms with Crippen LogP contribution in [0.4, 0.5) is 0 Å². The van der Waals surface area contributed by atoms with Crippen LogP contribution in [0.1, 0.15) is 75.0 Å². The Morgan fingerprint density at radius 1 is 1.00 bits per heavy atom. The van der Waals surface area contributed by atoms with Gasteiger partial charge >= 0.3 is 5.97 Å². The number of esters is 1. The van der Waals surface area contributed by atoms with Crippen LogP contribution in [0.5, 0.6) is 5.75 Å². The molecule has 0 unspecified atom stereocenters. The zero-order chi connectivity index (χ0) is 28.3. The van der Waals surface area contributed by atoms with E-state index in [4.69, 9.17) is 9.47 Å². The fraction of sp³-hybridized carbons (Fsp3) is 0.455. The first-order valence-electron chi connectivity index (χ1n) is 14.5. The highest BCUT2D eigenvalue weighted by Crippen LogP contribution is 2.40. The van der Waals surface area contributed by atoms with Crippen LogP contribution in [0.3, 0.4) is 0 Å². The average molecular weight is 544 g/mol. The van der Waals surface area contributed by atoms with Crippen molar-refractivity contribution in [2.45, 2.75) is 64.9 Å². The third-order valence-corrected chi connectivity index (χ3v) is 7.76. The van der Waals surface area contributed by atoms with E-state index >= 15 is 0 Å². The van der Waals surface area contributed by atoms with Crippen LogP contribution in [-0.2, 0) is 14.9 Å². The van der Waals surface area contributed by atoms with E-state index in [0.717, 1.165) is 35.2 Å². The molecule has 0 radical (unpaired) electrons. The van der Waals surface area contributed by atoms with E-state index in [-0.39, 0.29) is 12.0 Å². The van der Waals surface area contributed by atoms with Crippen molar-refractivity contribution in [1.29, 1.82) is 0 Å². The lowest BCUT2D eigenvalue weighted by Crippen LogP contribution is -2.36. The fourth-order valence-corrected chi connectivity index (χ4v) is 5.90. The molecule has 7 heteroatoms. The first-order chi connectivity index (χ1) is 19.2. The quantitative estimate of drug-likeness (QED) is 0.273. The van der Waals surface area contributed by atoms with Crippen molar-refractivity contribution in [1.82, 2.24) is 14.8 Å². The van der Waals surface area contributed by atoms with Crippen LogP contribution in [0.25, 0.3) is 16.5 Å². The summed E-state index contributed by atoms with van der Waals surface area (Å²) in [6.45, 7) is 12.4. The van der Waals surface area contributed by atoms with Gasteiger partial charge in [-0.15, -0.1) is 0 Å². The first kappa shape index (κ1) is 28.0. The number of H-pyrrole nitrogens is 1. The second kappa shape index (κ2) is 11.9. The van der Waals surface area contributed by atoms with Crippen molar-refractivity contribution in [3.8, 4) is 5.75 Å². The number of piperidine rings is 1. The maximum atomic E-state index is 13.8. The molecule has 0 aliphatic carbocycles. The monoisotopic (exact) mass is 543 g/mol. The van der Waals surface area contributed by atoms with Crippen LogP contribution in [0.2, 0.25) is 0 Å². The predicted molar refractivity (Wildman–Crippen MR) is 158 cm³/mol. The normalized spacial score (nSPS) is 17.3. The number of hydrogen-bond donors (Lipinski definition) is 1. The summed E-state index contributed by atoms with van der Waals surface area (Å²) < 4.78 is 11.6. The molecule has 1 aromatic heterocycles. The van der Waals surface area contributed by atoms with Gasteiger partial charge in [0.25, 0.3) is 5.91 Å². The van der Waals surface area contributed by atoms with Gasteiger partial charge in [-0.25, -0.2) is 4.79 Å². The van der Waals surface area contributed by atoms with Crippen LogP contribution >= 0.6 is 0 Å². The first-order valence-corrected chi connectivity index (χ1v) is 14.5. The minimum absolute atomic E-state index is 0.172. The van der Waals surface area contributed by atoms with E-state index in [0.29, 0.717) is 30.0 Å². The summed E-state index contributed by atoms with van der Waals surface area (Å²) in [5, 5.41) is 1.04. The second-order valence-electron chi connectivity index (χ2n) is 11.9. The number of para-hydroxylation sites is 1. The maximum Gasteiger partial charge on any atom is 0.342 e. The molecule has 3 heterocycles. The Bertz CT molecular complexity index is 1380. The van der Waals surface area contributed by atoms with Crippen LogP contribution < -0.4 is 4.74 Å². The van der Waals surface area contributed by atoms with Crippen molar-refractivity contribution in [2.75, 3.05) is 32.8 Å². The van der Waals surface area contributed by atoms with Crippen molar-refractivity contribution >= 4 is 28.4 Å². The highest BCUT2D eigenvalue weighted by atomic mass is 16.5. The lowest BCUT2D eigenvalue weighted by Gasteiger charge is -2.29. The SMILES string of the molecule is CC(C)OC(=O)C1=CN(C(=O)c2ccc(OCCCN3CCCCC3)cc2)CC(C)(C)c2c1[nH]c1ccccc21. The molecule has 2 aliphatic rings. The number of carbonyl (C=O) groups is 2. The fourth-order valence-electron chi connectivity index (χ4n) is 5.90. The Hall–Kier alpha value is -3.58. The van der Waals surface area contributed by atoms with Crippen LogP contribution in [0.15, 0.2) is 54.7 Å². The smallest absolute Gasteiger partial charge is 0.342 e. The summed E-state index contributed by atoms with van der Waals surface area (Å²) in [6.07, 6.45) is 6.29. The molecule has 212 valence electrons. The van der Waals surface area contributed by atoms with Gasteiger partial charge in [0.2, 0.25) is 0 Å². The number of ether oxygens (including phenoxy) is 2. The summed E-state index contributed by atoms with van der Waals surface area (Å²) in [5.41, 5.74) is 3.14. The molecule has 0 atom stereocenters. The van der Waals surface area contributed by atoms with Gasteiger partial charge in [0.1, 0.15) is 5.75 Å². The summed E-state index contributed by atoms with van der Waals surface area (Å²) in [4.78, 5) is 34.7. The molecule has 2 aromatic carbocycles. The molecular formula is C33H41N3O4. The van der Waals surface area contributed by atoms with E-state index in [2.05, 4.69) is 29.8 Å². The Balaban J connectivity index is 1.35. The molecule has 1 saturated heterocycles. The lowest BCUT2D eigenvalue weighted by molar-refractivity contribution is -0.140. The number of aromatic amines is 1. The molecular weight excluding hydrogens is 502 g/mol. The summed E-state index contributed by atoms with van der Waals surface area (Å²) in [7, 11) is 0. The number of fused-ring (bicyclic) bond motifs is 3. The number of likely N-dealkylation sites (tertiary alicyclic amines) is 1. The van der Waals surface area contributed by atoms with Gasteiger partial charge in [-0.2, -0.15) is 0 Å². The highest BCUT2D eigenvalue weighted by Gasteiger charge is 2.37. The van der Waals surface area contributed by atoms with Gasteiger partial charge < -0.3 is 24.3 Å². The van der Waals surface area contributed by atoms with E-state index in [1.165, 1.54) is 32.4 Å². The number of amides is 1. The van der Waals surface area contributed by atoms with Gasteiger partial charge in [0.15, 0.2) is 0 Å². The van der Waals surface area contributed by atoms with Gasteiger partial charge in [0.05, 0.1) is 24.0 Å². The third-order valence-electron chi connectivity index (χ3n) is 7.76. The summed E-state index contributed by atoms with van der Waals surface area (Å²) >= 11 is 0. The van der Waals surface area contributed by atoms with Gasteiger partial charge in [0, 0.05) is 41.2 Å². The minimum Gasteiger partial charge on any atom is -0.494 e. The largest absolute Gasteiger partial charge is 0.494 e. The maximum absolute atomic E-state index is 13.8. The summed E-state index contributed by atoms with van der Waals surface area (Å²) in [6, 6.07) is 15.3. The minimum atomic E-state index is -0.452. The number of nitrogens with one attached hydrogen (secondary N) is 1. The molecule has 3 aromatic rings. The number of aromatic nitrogens is 1. The molecule has 2 aliphatic heterocycles. The van der Waals surface area contributed by atoms with Crippen molar-refractivity contribution in [2.24, 2.45) is 0 Å². The van der Waals surface area contributed by atoms with E-state index in [9.17, 15) is 9.59 Å². The molecule has 7 nitrogen and oxygen atoms in total. The Kier molecular flexibility index (Phi) is 8.31. The van der Waals surface area contributed by atoms with Crippen molar-refractivity contribution < 1.29 is 19.1 Å². The predicted octanol–water partition coefficient (Wildman–Crippen LogP) is 6.15. The van der Waals surface area contributed by atoms with Crippen molar-refractivity contribution in [3.63, 3.8) is 0 Å². The summed E-state index contributed by atoms with van der Waals surface area (Å²) in [5.74, 6) is 0.130. The number of carbonyl (C=O) groups excluding carboxylic acids is 2. The Morgan fingerprint density at radius 3 is 2.45 bits per heavy atom. The number of hydrogen-bond acceptors (Lipinski definition) is 5. The number of benzene rings is 2. The average Bonchev–Trinajstić information content (AvgIpc) is 3.28. The molecule has 1 amide bonds. The van der Waals surface area contributed by atoms with Crippen molar-refractivity contribution in [3.05, 3.63) is 71.6 Å². The van der Waals surface area contributed by atoms with E-state index < -0.39 is 11.4 Å². The van der Waals surface area contributed by atoms with Crippen LogP contribution in [-0.4, -0.2) is 65.6 Å².